The molecule has 1 unspecified atom stereocenters. The summed E-state index contributed by atoms with van der Waals surface area (Å²) in [5.74, 6) is 0. The van der Waals surface area contributed by atoms with Gasteiger partial charge in [0.15, 0.2) is 16.6 Å². The highest BCUT2D eigenvalue weighted by Crippen LogP contribution is 2.29. The van der Waals surface area contributed by atoms with Crippen molar-refractivity contribution in [1.29, 1.82) is 0 Å². The van der Waals surface area contributed by atoms with Crippen LogP contribution in [0.1, 0.15) is 16.6 Å². The molecule has 0 saturated heterocycles. The van der Waals surface area contributed by atoms with Crippen LogP contribution in [0.15, 0.2) is 0 Å². The van der Waals surface area contributed by atoms with Crippen LogP contribution < -0.4 is 4.90 Å². The van der Waals surface area contributed by atoms with Crippen LogP contribution in [0.25, 0.3) is 0 Å². The summed E-state index contributed by atoms with van der Waals surface area (Å²) < 4.78 is 10.2. The van der Waals surface area contributed by atoms with Crippen LogP contribution in [-0.2, 0) is 9.47 Å². The predicted octanol–water partition coefficient (Wildman–Crippen LogP) is 2.10. The minimum atomic E-state index is 0.131. The minimum Gasteiger partial charge on any atom is -0.383 e. The third-order valence-electron chi connectivity index (χ3n) is 2.43. The molecule has 0 aromatic carbocycles. The molecule has 1 atom stereocenters. The summed E-state index contributed by atoms with van der Waals surface area (Å²) in [6.45, 7) is 3.83. The summed E-state index contributed by atoms with van der Waals surface area (Å²) >= 11 is 7.16. The smallest absolute Gasteiger partial charge is 0.187 e. The maximum atomic E-state index is 10.8. The second kappa shape index (κ2) is 7.68. The monoisotopic (exact) mass is 292 g/mol. The van der Waals surface area contributed by atoms with Gasteiger partial charge in [0.25, 0.3) is 0 Å². The van der Waals surface area contributed by atoms with E-state index in [0.29, 0.717) is 29.8 Å². The van der Waals surface area contributed by atoms with E-state index in [2.05, 4.69) is 4.98 Å². The zero-order valence-corrected chi connectivity index (χ0v) is 12.3. The SMILES string of the molecule is COCCN(c1nc(Cl)c(C=O)s1)C(C)COC. The molecule has 0 fully saturated rings. The van der Waals surface area contributed by atoms with Gasteiger partial charge in [0.1, 0.15) is 4.88 Å². The molecule has 0 amide bonds. The summed E-state index contributed by atoms with van der Waals surface area (Å²) in [6, 6.07) is 0.131. The number of thiazole rings is 1. The number of carbonyl (C=O) groups excluding carboxylic acids is 1. The van der Waals surface area contributed by atoms with Crippen molar-refractivity contribution in [2.24, 2.45) is 0 Å². The van der Waals surface area contributed by atoms with E-state index in [4.69, 9.17) is 21.1 Å². The number of hydrogen-bond acceptors (Lipinski definition) is 6. The normalized spacial score (nSPS) is 12.4. The quantitative estimate of drug-likeness (QED) is 0.687. The fourth-order valence-corrected chi connectivity index (χ4v) is 2.71. The molecule has 0 aliphatic carbocycles. The van der Waals surface area contributed by atoms with Crippen molar-refractivity contribution < 1.29 is 14.3 Å². The van der Waals surface area contributed by atoms with Gasteiger partial charge in [0.2, 0.25) is 0 Å². The van der Waals surface area contributed by atoms with Gasteiger partial charge in [0, 0.05) is 20.8 Å². The highest BCUT2D eigenvalue weighted by molar-refractivity contribution is 7.17. The van der Waals surface area contributed by atoms with Crippen LogP contribution in [-0.4, -0.2) is 51.3 Å². The third-order valence-corrected chi connectivity index (χ3v) is 3.85. The van der Waals surface area contributed by atoms with Crippen LogP contribution in [0.2, 0.25) is 5.15 Å². The number of rotatable bonds is 8. The summed E-state index contributed by atoms with van der Waals surface area (Å²) in [5, 5.41) is 0.959. The van der Waals surface area contributed by atoms with Crippen molar-refractivity contribution in [2.45, 2.75) is 13.0 Å². The molecule has 7 heteroatoms. The Kier molecular flexibility index (Phi) is 6.56. The van der Waals surface area contributed by atoms with Gasteiger partial charge < -0.3 is 14.4 Å². The lowest BCUT2D eigenvalue weighted by molar-refractivity contribution is 0.112. The van der Waals surface area contributed by atoms with Crippen molar-refractivity contribution >= 4 is 34.4 Å². The van der Waals surface area contributed by atoms with Crippen LogP contribution in [0.5, 0.6) is 0 Å². The van der Waals surface area contributed by atoms with Crippen LogP contribution in [0.3, 0.4) is 0 Å². The molecule has 0 saturated carbocycles. The molecular weight excluding hydrogens is 276 g/mol. The van der Waals surface area contributed by atoms with E-state index in [9.17, 15) is 4.79 Å². The molecule has 0 aliphatic rings. The van der Waals surface area contributed by atoms with E-state index in [1.54, 1.807) is 14.2 Å². The van der Waals surface area contributed by atoms with Gasteiger partial charge in [-0.15, -0.1) is 0 Å². The molecule has 1 heterocycles. The molecule has 0 bridgehead atoms. The van der Waals surface area contributed by atoms with Crippen molar-refractivity contribution in [3.63, 3.8) is 0 Å². The molecule has 1 aromatic heterocycles. The first-order valence-corrected chi connectivity index (χ1v) is 6.69. The standard InChI is InChI=1S/C11H17ClN2O3S/c1-8(7-17-3)14(4-5-16-2)11-13-10(12)9(6-15)18-11/h6,8H,4-5,7H2,1-3H3. The van der Waals surface area contributed by atoms with Gasteiger partial charge in [-0.25, -0.2) is 4.98 Å². The summed E-state index contributed by atoms with van der Waals surface area (Å²) in [5.41, 5.74) is 0. The number of carbonyl (C=O) groups is 1. The topological polar surface area (TPSA) is 51.7 Å². The summed E-state index contributed by atoms with van der Waals surface area (Å²) in [4.78, 5) is 17.5. The van der Waals surface area contributed by atoms with Gasteiger partial charge in [-0.3, -0.25) is 4.79 Å². The van der Waals surface area contributed by atoms with Gasteiger partial charge in [-0.05, 0) is 6.92 Å². The molecule has 1 aromatic rings. The number of aromatic nitrogens is 1. The Morgan fingerprint density at radius 1 is 1.50 bits per heavy atom. The van der Waals surface area contributed by atoms with E-state index in [1.807, 2.05) is 11.8 Å². The van der Waals surface area contributed by atoms with Crippen LogP contribution in [0.4, 0.5) is 5.13 Å². The Morgan fingerprint density at radius 2 is 2.22 bits per heavy atom. The van der Waals surface area contributed by atoms with E-state index < -0.39 is 0 Å². The number of nitrogens with zero attached hydrogens (tertiary/aromatic N) is 2. The van der Waals surface area contributed by atoms with E-state index in [0.717, 1.165) is 6.29 Å². The predicted molar refractivity (Wildman–Crippen MR) is 73.1 cm³/mol. The fraction of sp³-hybridized carbons (Fsp3) is 0.636. The van der Waals surface area contributed by atoms with Crippen molar-refractivity contribution in [1.82, 2.24) is 4.98 Å². The first-order valence-electron chi connectivity index (χ1n) is 5.50. The van der Waals surface area contributed by atoms with E-state index >= 15 is 0 Å². The molecule has 0 N–H and O–H groups in total. The van der Waals surface area contributed by atoms with Gasteiger partial charge in [-0.2, -0.15) is 0 Å². The molecule has 1 rings (SSSR count). The lowest BCUT2D eigenvalue weighted by Gasteiger charge is -2.27. The summed E-state index contributed by atoms with van der Waals surface area (Å²) in [7, 11) is 3.29. The highest BCUT2D eigenvalue weighted by Gasteiger charge is 2.19. The molecule has 102 valence electrons. The van der Waals surface area contributed by atoms with Crippen molar-refractivity contribution in [3.8, 4) is 0 Å². The lowest BCUT2D eigenvalue weighted by atomic mass is 10.3. The Balaban J connectivity index is 2.89. The first-order chi connectivity index (χ1) is 8.63. The van der Waals surface area contributed by atoms with Crippen LogP contribution >= 0.6 is 22.9 Å². The van der Waals surface area contributed by atoms with Crippen molar-refractivity contribution in [2.75, 3.05) is 38.9 Å². The zero-order valence-electron chi connectivity index (χ0n) is 10.7. The number of aldehydes is 1. The van der Waals surface area contributed by atoms with Crippen LogP contribution in [0, 0.1) is 0 Å². The zero-order chi connectivity index (χ0) is 13.5. The Bertz CT molecular complexity index is 386. The summed E-state index contributed by atoms with van der Waals surface area (Å²) in [6.07, 6.45) is 0.721. The average Bonchev–Trinajstić information content (AvgIpc) is 2.71. The molecule has 0 spiro atoms. The van der Waals surface area contributed by atoms with E-state index in [1.165, 1.54) is 11.3 Å². The Morgan fingerprint density at radius 3 is 2.72 bits per heavy atom. The third kappa shape index (κ3) is 3.91. The molecular formula is C11H17ClN2O3S. The Hall–Kier alpha value is -0.690. The maximum absolute atomic E-state index is 10.8. The van der Waals surface area contributed by atoms with Gasteiger partial charge in [-0.1, -0.05) is 22.9 Å². The van der Waals surface area contributed by atoms with E-state index in [-0.39, 0.29) is 11.2 Å². The lowest BCUT2D eigenvalue weighted by Crippen LogP contribution is -2.38. The first kappa shape index (κ1) is 15.4. The number of hydrogen-bond donors (Lipinski definition) is 0. The highest BCUT2D eigenvalue weighted by atomic mass is 35.5. The maximum Gasteiger partial charge on any atom is 0.187 e. The second-order valence-corrected chi connectivity index (χ2v) is 5.13. The number of methoxy groups -OCH3 is 2. The fourth-order valence-electron chi connectivity index (χ4n) is 1.52. The van der Waals surface area contributed by atoms with Crippen molar-refractivity contribution in [3.05, 3.63) is 10.0 Å². The van der Waals surface area contributed by atoms with Gasteiger partial charge in [0.05, 0.1) is 19.3 Å². The minimum absolute atomic E-state index is 0.131. The number of anilines is 1. The second-order valence-electron chi connectivity index (χ2n) is 3.76. The molecule has 0 radical (unpaired) electrons. The van der Waals surface area contributed by atoms with Gasteiger partial charge >= 0.3 is 0 Å². The molecule has 18 heavy (non-hydrogen) atoms. The number of ether oxygens (including phenoxy) is 2. The Labute approximate surface area is 116 Å². The number of halogens is 1. The average molecular weight is 293 g/mol. The largest absolute Gasteiger partial charge is 0.383 e. The molecule has 0 aliphatic heterocycles. The molecule has 5 nitrogen and oxygen atoms in total.